The number of hydrogen-bond acceptors (Lipinski definition) is 4. The lowest BCUT2D eigenvalue weighted by atomic mass is 10.0. The number of aryl methyl sites for hydroxylation is 1. The maximum Gasteiger partial charge on any atom is 0.268 e. The third kappa shape index (κ3) is 2.10. The highest BCUT2D eigenvalue weighted by molar-refractivity contribution is 5.95. The van der Waals surface area contributed by atoms with Gasteiger partial charge in [0.2, 0.25) is 0 Å². The monoisotopic (exact) mass is 271 g/mol. The maximum absolute atomic E-state index is 13.0. The van der Waals surface area contributed by atoms with Crippen LogP contribution >= 0.6 is 0 Å². The summed E-state index contributed by atoms with van der Waals surface area (Å²) in [5.74, 6) is 0.510. The Hall–Kier alpha value is -1.89. The third-order valence-corrected chi connectivity index (χ3v) is 3.02. The molecule has 0 saturated carbocycles. The smallest absolute Gasteiger partial charge is 0.268 e. The number of halogens is 2. The highest BCUT2D eigenvalue weighted by Crippen LogP contribution is 2.39. The summed E-state index contributed by atoms with van der Waals surface area (Å²) in [4.78, 5) is 0. The average Bonchev–Trinajstić information content (AvgIpc) is 2.65. The second-order valence-electron chi connectivity index (χ2n) is 4.08. The fourth-order valence-electron chi connectivity index (χ4n) is 2.18. The lowest BCUT2D eigenvalue weighted by Gasteiger charge is -2.18. The fourth-order valence-corrected chi connectivity index (χ4v) is 2.18. The summed E-state index contributed by atoms with van der Waals surface area (Å²) in [6.07, 6.45) is -4.02. The molecule has 19 heavy (non-hydrogen) atoms. The number of benzene rings is 1. The van der Waals surface area contributed by atoms with E-state index in [4.69, 9.17) is 15.2 Å². The normalized spacial score (nSPS) is 13.2. The number of methoxy groups -OCH3 is 2. The Bertz CT molecular complexity index is 598. The van der Waals surface area contributed by atoms with Crippen LogP contribution in [0, 0.1) is 0 Å². The number of nitrogens with two attached hydrogens (primary N) is 1. The first-order chi connectivity index (χ1) is 9.01. The minimum Gasteiger partial charge on any atom is -0.496 e. The Morgan fingerprint density at radius 2 is 2.00 bits per heavy atom. The van der Waals surface area contributed by atoms with Crippen molar-refractivity contribution in [3.05, 3.63) is 17.7 Å². The summed E-state index contributed by atoms with van der Waals surface area (Å²) in [7, 11) is 4.36. The van der Waals surface area contributed by atoms with Crippen LogP contribution < -0.4 is 10.5 Å². The summed E-state index contributed by atoms with van der Waals surface area (Å²) in [5, 5.41) is 4.57. The van der Waals surface area contributed by atoms with Crippen LogP contribution in [-0.4, -0.2) is 30.4 Å². The fraction of sp³-hybridized carbons (Fsp3) is 0.417. The molecule has 0 amide bonds. The number of fused-ring (bicyclic) bond motifs is 1. The van der Waals surface area contributed by atoms with Gasteiger partial charge in [-0.25, -0.2) is 8.78 Å². The van der Waals surface area contributed by atoms with E-state index in [1.165, 1.54) is 14.2 Å². The molecule has 0 fully saturated rings. The molecule has 0 spiro atoms. The van der Waals surface area contributed by atoms with Gasteiger partial charge in [-0.15, -0.1) is 0 Å². The summed E-state index contributed by atoms with van der Waals surface area (Å²) < 4.78 is 37.6. The molecule has 1 atom stereocenters. The predicted molar refractivity (Wildman–Crippen MR) is 67.4 cm³/mol. The Balaban J connectivity index is 2.72. The lowest BCUT2D eigenvalue weighted by molar-refractivity contribution is -0.0352. The van der Waals surface area contributed by atoms with Crippen LogP contribution in [-0.2, 0) is 11.8 Å². The highest BCUT2D eigenvalue weighted by Gasteiger charge is 2.27. The zero-order valence-electron chi connectivity index (χ0n) is 10.9. The molecular formula is C12H15F2N3O2. The summed E-state index contributed by atoms with van der Waals surface area (Å²) in [5.41, 5.74) is 6.77. The zero-order valence-corrected chi connectivity index (χ0v) is 10.9. The number of nitrogens with zero attached hydrogens (tertiary/aromatic N) is 2. The molecule has 1 aromatic carbocycles. The molecule has 0 aliphatic heterocycles. The number of nitrogen functional groups attached to an aromatic ring is 1. The molecule has 0 saturated heterocycles. The van der Waals surface area contributed by atoms with Crippen molar-refractivity contribution < 1.29 is 18.3 Å². The minimum atomic E-state index is -2.66. The van der Waals surface area contributed by atoms with Crippen LogP contribution in [0.3, 0.4) is 0 Å². The molecule has 2 rings (SSSR count). The third-order valence-electron chi connectivity index (χ3n) is 3.02. The van der Waals surface area contributed by atoms with Crippen molar-refractivity contribution in [2.75, 3.05) is 20.0 Å². The quantitative estimate of drug-likeness (QED) is 0.925. The molecule has 0 bridgehead atoms. The molecule has 0 aliphatic rings. The number of hydrogen-bond donors (Lipinski definition) is 1. The van der Waals surface area contributed by atoms with Gasteiger partial charge in [0.1, 0.15) is 11.9 Å². The van der Waals surface area contributed by atoms with Gasteiger partial charge >= 0.3 is 0 Å². The molecule has 0 radical (unpaired) electrons. The minimum absolute atomic E-state index is 0.236. The van der Waals surface area contributed by atoms with Gasteiger partial charge in [-0.05, 0) is 6.07 Å². The highest BCUT2D eigenvalue weighted by atomic mass is 19.3. The number of ether oxygens (including phenoxy) is 2. The maximum atomic E-state index is 13.0. The van der Waals surface area contributed by atoms with E-state index in [-0.39, 0.29) is 17.1 Å². The average molecular weight is 271 g/mol. The molecule has 104 valence electrons. The van der Waals surface area contributed by atoms with E-state index >= 15 is 0 Å². The van der Waals surface area contributed by atoms with Crippen molar-refractivity contribution in [2.45, 2.75) is 12.5 Å². The summed E-state index contributed by atoms with van der Waals surface area (Å²) >= 11 is 0. The van der Waals surface area contributed by atoms with Gasteiger partial charge in [-0.3, -0.25) is 4.68 Å². The van der Waals surface area contributed by atoms with Crippen molar-refractivity contribution in [2.24, 2.45) is 7.05 Å². The van der Waals surface area contributed by atoms with E-state index in [1.807, 2.05) is 0 Å². The van der Waals surface area contributed by atoms with Crippen LogP contribution in [0.25, 0.3) is 10.9 Å². The second-order valence-corrected chi connectivity index (χ2v) is 4.08. The molecular weight excluding hydrogens is 256 g/mol. The largest absolute Gasteiger partial charge is 0.496 e. The van der Waals surface area contributed by atoms with Gasteiger partial charge in [0.05, 0.1) is 18.0 Å². The first-order valence-electron chi connectivity index (χ1n) is 5.61. The Labute approximate surface area is 108 Å². The Morgan fingerprint density at radius 1 is 1.32 bits per heavy atom. The Kier molecular flexibility index (Phi) is 3.57. The molecule has 2 aromatic rings. The van der Waals surface area contributed by atoms with Crippen molar-refractivity contribution in [1.82, 2.24) is 9.78 Å². The van der Waals surface area contributed by atoms with Crippen LogP contribution in [0.15, 0.2) is 12.1 Å². The van der Waals surface area contributed by atoms with Crippen LogP contribution in [0.5, 0.6) is 5.75 Å². The molecule has 2 N–H and O–H groups in total. The van der Waals surface area contributed by atoms with Gasteiger partial charge < -0.3 is 15.2 Å². The molecule has 0 aliphatic carbocycles. The van der Waals surface area contributed by atoms with Crippen molar-refractivity contribution in [3.63, 3.8) is 0 Å². The Morgan fingerprint density at radius 3 is 2.53 bits per heavy atom. The topological polar surface area (TPSA) is 62.3 Å². The molecule has 1 aromatic heterocycles. The first-order valence-corrected chi connectivity index (χ1v) is 5.61. The second kappa shape index (κ2) is 5.00. The number of alkyl halides is 2. The zero-order chi connectivity index (χ0) is 14.2. The molecule has 1 unspecified atom stereocenters. The predicted octanol–water partition coefficient (Wildman–Crippen LogP) is 2.12. The molecule has 7 heteroatoms. The molecule has 5 nitrogen and oxygen atoms in total. The van der Waals surface area contributed by atoms with Crippen LogP contribution in [0.2, 0.25) is 0 Å². The summed E-state index contributed by atoms with van der Waals surface area (Å²) in [6.45, 7) is 0. The lowest BCUT2D eigenvalue weighted by Crippen LogP contribution is -2.12. The number of rotatable bonds is 4. The first kappa shape index (κ1) is 13.5. The SMILES string of the molecule is COc1c(C(OC)C(F)F)ccc2c1c(N)nn2C. The van der Waals surface area contributed by atoms with Gasteiger partial charge in [0.25, 0.3) is 6.43 Å². The van der Waals surface area contributed by atoms with Gasteiger partial charge in [-0.1, -0.05) is 6.07 Å². The van der Waals surface area contributed by atoms with Gasteiger partial charge in [0, 0.05) is 19.7 Å². The van der Waals surface area contributed by atoms with Crippen molar-refractivity contribution >= 4 is 16.7 Å². The van der Waals surface area contributed by atoms with E-state index in [0.717, 1.165) is 0 Å². The summed E-state index contributed by atoms with van der Waals surface area (Å²) in [6, 6.07) is 3.22. The standard InChI is InChI=1S/C12H15F2N3O2/c1-17-7-5-4-6(10(19-3)11(13)14)9(18-2)8(7)12(15)16-17/h4-5,10-11H,1-3H3,(H2,15,16). The van der Waals surface area contributed by atoms with E-state index in [1.54, 1.807) is 23.9 Å². The van der Waals surface area contributed by atoms with Crippen LogP contribution in [0.4, 0.5) is 14.6 Å². The van der Waals surface area contributed by atoms with E-state index in [0.29, 0.717) is 10.9 Å². The van der Waals surface area contributed by atoms with E-state index in [2.05, 4.69) is 5.10 Å². The van der Waals surface area contributed by atoms with Crippen LogP contribution in [0.1, 0.15) is 11.7 Å². The van der Waals surface area contributed by atoms with Crippen molar-refractivity contribution in [3.8, 4) is 5.75 Å². The number of aromatic nitrogens is 2. The van der Waals surface area contributed by atoms with E-state index in [9.17, 15) is 8.78 Å². The van der Waals surface area contributed by atoms with Gasteiger partial charge in [0.15, 0.2) is 5.82 Å². The van der Waals surface area contributed by atoms with E-state index < -0.39 is 12.5 Å². The van der Waals surface area contributed by atoms with Gasteiger partial charge in [-0.2, -0.15) is 5.10 Å². The molecule has 1 heterocycles. The number of anilines is 1. The van der Waals surface area contributed by atoms with Crippen molar-refractivity contribution in [1.29, 1.82) is 0 Å².